The Kier molecular flexibility index (Phi) is 4.66. The van der Waals surface area contributed by atoms with Crippen molar-refractivity contribution in [2.75, 3.05) is 37.6 Å². The Morgan fingerprint density at radius 2 is 1.89 bits per heavy atom. The van der Waals surface area contributed by atoms with Crippen molar-refractivity contribution in [2.24, 2.45) is 0 Å². The Hall–Kier alpha value is -1.26. The van der Waals surface area contributed by atoms with Crippen molar-refractivity contribution >= 4 is 5.69 Å². The fourth-order valence-corrected chi connectivity index (χ4v) is 2.63. The van der Waals surface area contributed by atoms with Gasteiger partial charge in [0.25, 0.3) is 0 Å². The molecule has 1 aromatic rings. The molecule has 1 unspecified atom stereocenters. The van der Waals surface area contributed by atoms with Crippen LogP contribution in [0.5, 0.6) is 5.75 Å². The lowest BCUT2D eigenvalue weighted by Crippen LogP contribution is -2.46. The quantitative estimate of drug-likeness (QED) is 0.873. The van der Waals surface area contributed by atoms with Gasteiger partial charge in [0.05, 0.1) is 6.10 Å². The first-order valence-electron chi connectivity index (χ1n) is 7.10. The maximum atomic E-state index is 9.93. The summed E-state index contributed by atoms with van der Waals surface area (Å²) in [7, 11) is 0. The summed E-state index contributed by atoms with van der Waals surface area (Å²) in [6, 6.07) is 5.56. The van der Waals surface area contributed by atoms with E-state index in [1.54, 1.807) is 13.0 Å². The minimum atomic E-state index is -0.629. The molecule has 1 heterocycles. The van der Waals surface area contributed by atoms with E-state index in [-0.39, 0.29) is 5.75 Å². The summed E-state index contributed by atoms with van der Waals surface area (Å²) in [5, 5.41) is 19.5. The second-order valence-corrected chi connectivity index (χ2v) is 5.25. The fraction of sp³-hybridized carbons (Fsp3) is 0.600. The molecule has 2 rings (SSSR count). The van der Waals surface area contributed by atoms with Crippen molar-refractivity contribution < 1.29 is 10.2 Å². The van der Waals surface area contributed by atoms with Crippen LogP contribution in [-0.4, -0.2) is 47.8 Å². The summed E-state index contributed by atoms with van der Waals surface area (Å²) in [5.41, 5.74) is 1.63. The predicted molar refractivity (Wildman–Crippen MR) is 77.7 cm³/mol. The molecule has 1 atom stereocenters. The van der Waals surface area contributed by atoms with Crippen LogP contribution in [0.2, 0.25) is 0 Å². The van der Waals surface area contributed by atoms with Crippen molar-refractivity contribution in [3.63, 3.8) is 0 Å². The number of hydrogen-bond acceptors (Lipinski definition) is 4. The summed E-state index contributed by atoms with van der Waals surface area (Å²) in [6.45, 7) is 9.18. The van der Waals surface area contributed by atoms with Crippen molar-refractivity contribution in [3.8, 4) is 5.75 Å². The van der Waals surface area contributed by atoms with E-state index in [2.05, 4.69) is 16.7 Å². The zero-order valence-electron chi connectivity index (χ0n) is 11.8. The average Bonchev–Trinajstić information content (AvgIpc) is 2.39. The molecular weight excluding hydrogens is 240 g/mol. The number of hydrogen-bond donors (Lipinski definition) is 2. The lowest BCUT2D eigenvalue weighted by Gasteiger charge is -2.36. The zero-order valence-corrected chi connectivity index (χ0v) is 11.8. The van der Waals surface area contributed by atoms with Gasteiger partial charge in [-0.1, -0.05) is 13.0 Å². The summed E-state index contributed by atoms with van der Waals surface area (Å²) < 4.78 is 0. The van der Waals surface area contributed by atoms with E-state index in [0.29, 0.717) is 5.56 Å². The Labute approximate surface area is 115 Å². The van der Waals surface area contributed by atoms with Crippen molar-refractivity contribution in [2.45, 2.75) is 26.4 Å². The number of aliphatic hydroxyl groups excluding tert-OH is 1. The number of phenols is 1. The highest BCUT2D eigenvalue weighted by Crippen LogP contribution is 2.29. The molecule has 0 aliphatic carbocycles. The van der Waals surface area contributed by atoms with Gasteiger partial charge in [0, 0.05) is 43.5 Å². The average molecular weight is 264 g/mol. The second-order valence-electron chi connectivity index (χ2n) is 5.25. The predicted octanol–water partition coefficient (Wildman–Crippen LogP) is 1.98. The molecule has 2 N–H and O–H groups in total. The van der Waals surface area contributed by atoms with Gasteiger partial charge in [0.1, 0.15) is 5.75 Å². The minimum Gasteiger partial charge on any atom is -0.507 e. The number of benzene rings is 1. The zero-order chi connectivity index (χ0) is 13.8. The maximum Gasteiger partial charge on any atom is 0.123 e. The topological polar surface area (TPSA) is 46.9 Å². The maximum absolute atomic E-state index is 9.93. The monoisotopic (exact) mass is 264 g/mol. The molecule has 1 aromatic carbocycles. The summed E-state index contributed by atoms with van der Waals surface area (Å²) in [5.74, 6) is 0.184. The normalized spacial score (nSPS) is 18.6. The molecule has 0 amide bonds. The van der Waals surface area contributed by atoms with Gasteiger partial charge in [-0.05, 0) is 26.0 Å². The smallest absolute Gasteiger partial charge is 0.123 e. The van der Waals surface area contributed by atoms with E-state index in [0.717, 1.165) is 31.9 Å². The largest absolute Gasteiger partial charge is 0.507 e. The standard InChI is InChI=1S/C15H24N2O2/c1-3-6-16-7-9-17(10-8-16)13-4-5-14(12(2)18)15(19)11-13/h4-5,11-12,18-19H,3,6-10H2,1-2H3. The molecule has 0 radical (unpaired) electrons. The first-order valence-corrected chi connectivity index (χ1v) is 7.10. The van der Waals surface area contributed by atoms with Gasteiger partial charge in [0.15, 0.2) is 0 Å². The molecule has 4 heteroatoms. The molecule has 0 bridgehead atoms. The molecule has 106 valence electrons. The third-order valence-corrected chi connectivity index (χ3v) is 3.74. The Morgan fingerprint density at radius 1 is 1.21 bits per heavy atom. The lowest BCUT2D eigenvalue weighted by molar-refractivity contribution is 0.195. The van der Waals surface area contributed by atoms with Gasteiger partial charge in [0.2, 0.25) is 0 Å². The third-order valence-electron chi connectivity index (χ3n) is 3.74. The van der Waals surface area contributed by atoms with E-state index in [1.165, 1.54) is 13.0 Å². The lowest BCUT2D eigenvalue weighted by atomic mass is 10.1. The first-order chi connectivity index (χ1) is 9.11. The molecule has 1 fully saturated rings. The molecule has 1 aliphatic heterocycles. The van der Waals surface area contributed by atoms with Crippen molar-refractivity contribution in [3.05, 3.63) is 23.8 Å². The van der Waals surface area contributed by atoms with Crippen molar-refractivity contribution in [1.82, 2.24) is 4.90 Å². The molecule has 19 heavy (non-hydrogen) atoms. The van der Waals surface area contributed by atoms with Crippen LogP contribution in [0.1, 0.15) is 31.9 Å². The molecule has 0 saturated carbocycles. The molecule has 4 nitrogen and oxygen atoms in total. The Bertz CT molecular complexity index is 413. The fourth-order valence-electron chi connectivity index (χ4n) is 2.63. The van der Waals surface area contributed by atoms with Crippen LogP contribution in [0.25, 0.3) is 0 Å². The number of aliphatic hydroxyl groups is 1. The van der Waals surface area contributed by atoms with Gasteiger partial charge >= 0.3 is 0 Å². The molecular formula is C15H24N2O2. The number of anilines is 1. The van der Waals surface area contributed by atoms with Gasteiger partial charge in [-0.2, -0.15) is 0 Å². The van der Waals surface area contributed by atoms with Crippen LogP contribution in [0.3, 0.4) is 0 Å². The summed E-state index contributed by atoms with van der Waals surface area (Å²) in [6.07, 6.45) is 0.569. The summed E-state index contributed by atoms with van der Waals surface area (Å²) in [4.78, 5) is 4.76. The van der Waals surface area contributed by atoms with Crippen LogP contribution in [-0.2, 0) is 0 Å². The Morgan fingerprint density at radius 3 is 2.42 bits per heavy atom. The van der Waals surface area contributed by atoms with Crippen LogP contribution in [0.15, 0.2) is 18.2 Å². The molecule has 1 saturated heterocycles. The van der Waals surface area contributed by atoms with E-state index in [1.807, 2.05) is 12.1 Å². The number of nitrogens with zero attached hydrogens (tertiary/aromatic N) is 2. The molecule has 0 spiro atoms. The van der Waals surface area contributed by atoms with E-state index >= 15 is 0 Å². The molecule has 0 aromatic heterocycles. The molecule has 1 aliphatic rings. The first kappa shape index (κ1) is 14.2. The van der Waals surface area contributed by atoms with E-state index in [4.69, 9.17) is 0 Å². The van der Waals surface area contributed by atoms with Crippen LogP contribution >= 0.6 is 0 Å². The minimum absolute atomic E-state index is 0.184. The van der Waals surface area contributed by atoms with Gasteiger partial charge in [-0.15, -0.1) is 0 Å². The van der Waals surface area contributed by atoms with Gasteiger partial charge in [-0.3, -0.25) is 4.90 Å². The van der Waals surface area contributed by atoms with Gasteiger partial charge < -0.3 is 15.1 Å². The highest BCUT2D eigenvalue weighted by atomic mass is 16.3. The highest BCUT2D eigenvalue weighted by Gasteiger charge is 2.17. The van der Waals surface area contributed by atoms with E-state index in [9.17, 15) is 10.2 Å². The number of piperazine rings is 1. The SMILES string of the molecule is CCCN1CCN(c2ccc(C(C)O)c(O)c2)CC1. The number of aromatic hydroxyl groups is 1. The van der Waals surface area contributed by atoms with Crippen molar-refractivity contribution in [1.29, 1.82) is 0 Å². The summed E-state index contributed by atoms with van der Waals surface area (Å²) >= 11 is 0. The second kappa shape index (κ2) is 6.26. The highest BCUT2D eigenvalue weighted by molar-refractivity contribution is 5.54. The van der Waals surface area contributed by atoms with Crippen LogP contribution in [0, 0.1) is 0 Å². The third kappa shape index (κ3) is 3.39. The number of rotatable bonds is 4. The van der Waals surface area contributed by atoms with Gasteiger partial charge in [-0.25, -0.2) is 0 Å². The Balaban J connectivity index is 2.02. The number of phenolic OH excluding ortho intramolecular Hbond substituents is 1. The van der Waals surface area contributed by atoms with E-state index < -0.39 is 6.10 Å². The van der Waals surface area contributed by atoms with Crippen LogP contribution in [0.4, 0.5) is 5.69 Å². The van der Waals surface area contributed by atoms with Crippen LogP contribution < -0.4 is 4.90 Å².